The molecule has 0 fully saturated rings. The molecular weight excluding hydrogens is 186 g/mol. The molecule has 13 heavy (non-hydrogen) atoms. The van der Waals surface area contributed by atoms with Gasteiger partial charge in [0, 0.05) is 0 Å². The quantitative estimate of drug-likeness (QED) is 0.804. The van der Waals surface area contributed by atoms with Crippen LogP contribution in [0.2, 0.25) is 0 Å². The molecular formula is C10H16ClNO. The lowest BCUT2D eigenvalue weighted by molar-refractivity contribution is 0.414. The van der Waals surface area contributed by atoms with Crippen LogP contribution in [-0.2, 0) is 6.42 Å². The average molecular weight is 202 g/mol. The Bertz CT molecular complexity index is 240. The summed E-state index contributed by atoms with van der Waals surface area (Å²) in [6, 6.07) is 8.16. The van der Waals surface area contributed by atoms with E-state index in [0.717, 1.165) is 18.7 Å². The monoisotopic (exact) mass is 201 g/mol. The number of nitrogens with one attached hydrogen (secondary N) is 1. The average Bonchev–Trinajstić information content (AvgIpc) is 2.15. The fourth-order valence-corrected chi connectivity index (χ4v) is 1.10. The number of ether oxygens (including phenoxy) is 1. The number of hydrogen-bond acceptors (Lipinski definition) is 2. The molecule has 0 unspecified atom stereocenters. The third-order valence-electron chi connectivity index (χ3n) is 1.80. The first-order chi connectivity index (χ1) is 5.86. The Balaban J connectivity index is 0.00000144. The van der Waals surface area contributed by atoms with Crippen LogP contribution in [0.25, 0.3) is 0 Å². The summed E-state index contributed by atoms with van der Waals surface area (Å²) in [5.74, 6) is 0.934. The van der Waals surface area contributed by atoms with E-state index >= 15 is 0 Å². The molecule has 0 aliphatic carbocycles. The first kappa shape index (κ1) is 12.3. The van der Waals surface area contributed by atoms with Crippen molar-refractivity contribution in [2.45, 2.75) is 6.42 Å². The number of benzene rings is 1. The van der Waals surface area contributed by atoms with E-state index in [9.17, 15) is 0 Å². The number of methoxy groups -OCH3 is 1. The van der Waals surface area contributed by atoms with Crippen molar-refractivity contribution in [3.05, 3.63) is 29.8 Å². The zero-order valence-corrected chi connectivity index (χ0v) is 8.86. The van der Waals surface area contributed by atoms with Crippen LogP contribution < -0.4 is 10.1 Å². The van der Waals surface area contributed by atoms with Crippen molar-refractivity contribution in [2.75, 3.05) is 20.7 Å². The van der Waals surface area contributed by atoms with Gasteiger partial charge in [0.25, 0.3) is 0 Å². The Hall–Kier alpha value is -0.730. The lowest BCUT2D eigenvalue weighted by Gasteiger charge is -2.03. The van der Waals surface area contributed by atoms with Gasteiger partial charge in [0.05, 0.1) is 7.11 Å². The summed E-state index contributed by atoms with van der Waals surface area (Å²) in [4.78, 5) is 0. The molecule has 0 aliphatic heterocycles. The highest BCUT2D eigenvalue weighted by Crippen LogP contribution is 2.12. The highest BCUT2D eigenvalue weighted by Gasteiger charge is 1.93. The normalized spacial score (nSPS) is 9.08. The molecule has 0 radical (unpaired) electrons. The smallest absolute Gasteiger partial charge is 0.119 e. The zero-order chi connectivity index (χ0) is 8.81. The highest BCUT2D eigenvalue weighted by atomic mass is 35.5. The SMILES string of the molecule is CNCCc1cccc(OC)c1.Cl. The molecule has 1 aromatic rings. The number of halogens is 1. The molecule has 0 saturated carbocycles. The van der Waals surface area contributed by atoms with E-state index in [1.807, 2.05) is 19.2 Å². The molecule has 0 aromatic heterocycles. The van der Waals surface area contributed by atoms with Crippen LogP contribution in [-0.4, -0.2) is 20.7 Å². The molecule has 1 aromatic carbocycles. The summed E-state index contributed by atoms with van der Waals surface area (Å²) in [6.45, 7) is 1.01. The standard InChI is InChI=1S/C10H15NO.ClH/c1-11-7-6-9-4-3-5-10(8-9)12-2;/h3-5,8,11H,6-7H2,1-2H3;1H. The van der Waals surface area contributed by atoms with Gasteiger partial charge in [-0.15, -0.1) is 12.4 Å². The lowest BCUT2D eigenvalue weighted by atomic mass is 10.1. The molecule has 0 bridgehead atoms. The third-order valence-corrected chi connectivity index (χ3v) is 1.80. The van der Waals surface area contributed by atoms with Crippen molar-refractivity contribution >= 4 is 12.4 Å². The van der Waals surface area contributed by atoms with E-state index in [4.69, 9.17) is 4.74 Å². The Morgan fingerprint density at radius 3 is 2.77 bits per heavy atom. The second-order valence-electron chi connectivity index (χ2n) is 2.71. The molecule has 0 atom stereocenters. The van der Waals surface area contributed by atoms with E-state index < -0.39 is 0 Å². The molecule has 0 aliphatic rings. The Kier molecular flexibility index (Phi) is 6.37. The van der Waals surface area contributed by atoms with Crippen molar-refractivity contribution in [1.82, 2.24) is 5.32 Å². The van der Waals surface area contributed by atoms with Crippen LogP contribution in [0.1, 0.15) is 5.56 Å². The van der Waals surface area contributed by atoms with Crippen molar-refractivity contribution in [2.24, 2.45) is 0 Å². The Labute approximate surface area is 85.7 Å². The first-order valence-electron chi connectivity index (χ1n) is 4.14. The molecule has 0 saturated heterocycles. The van der Waals surface area contributed by atoms with E-state index in [1.54, 1.807) is 7.11 Å². The van der Waals surface area contributed by atoms with Gasteiger partial charge in [-0.3, -0.25) is 0 Å². The highest BCUT2D eigenvalue weighted by molar-refractivity contribution is 5.85. The maximum Gasteiger partial charge on any atom is 0.119 e. The second kappa shape index (κ2) is 6.75. The van der Waals surface area contributed by atoms with Crippen LogP contribution in [0.5, 0.6) is 5.75 Å². The molecule has 1 N–H and O–H groups in total. The second-order valence-corrected chi connectivity index (χ2v) is 2.71. The van der Waals surface area contributed by atoms with Gasteiger partial charge >= 0.3 is 0 Å². The first-order valence-corrected chi connectivity index (χ1v) is 4.14. The predicted octanol–water partition coefficient (Wildman–Crippen LogP) is 1.88. The van der Waals surface area contributed by atoms with Gasteiger partial charge in [-0.05, 0) is 37.7 Å². The topological polar surface area (TPSA) is 21.3 Å². The fraction of sp³-hybridized carbons (Fsp3) is 0.400. The summed E-state index contributed by atoms with van der Waals surface area (Å²) in [6.07, 6.45) is 1.05. The summed E-state index contributed by atoms with van der Waals surface area (Å²) in [7, 11) is 3.65. The predicted molar refractivity (Wildman–Crippen MR) is 57.9 cm³/mol. The Morgan fingerprint density at radius 1 is 1.38 bits per heavy atom. The van der Waals surface area contributed by atoms with E-state index in [2.05, 4.69) is 17.4 Å². The van der Waals surface area contributed by atoms with Gasteiger partial charge in [0.15, 0.2) is 0 Å². The van der Waals surface area contributed by atoms with Gasteiger partial charge in [-0.1, -0.05) is 12.1 Å². The molecule has 0 spiro atoms. The zero-order valence-electron chi connectivity index (χ0n) is 8.04. The minimum atomic E-state index is 0. The third kappa shape index (κ3) is 4.15. The van der Waals surface area contributed by atoms with Gasteiger partial charge in [0.2, 0.25) is 0 Å². The van der Waals surface area contributed by atoms with Crippen molar-refractivity contribution < 1.29 is 4.74 Å². The fourth-order valence-electron chi connectivity index (χ4n) is 1.10. The maximum atomic E-state index is 5.11. The largest absolute Gasteiger partial charge is 0.497 e. The van der Waals surface area contributed by atoms with Gasteiger partial charge < -0.3 is 10.1 Å². The molecule has 2 nitrogen and oxygen atoms in total. The van der Waals surface area contributed by atoms with E-state index in [-0.39, 0.29) is 12.4 Å². The molecule has 0 heterocycles. The molecule has 3 heteroatoms. The molecule has 0 amide bonds. The number of rotatable bonds is 4. The van der Waals surface area contributed by atoms with Gasteiger partial charge in [-0.25, -0.2) is 0 Å². The molecule has 1 rings (SSSR count). The van der Waals surface area contributed by atoms with Crippen LogP contribution in [0.15, 0.2) is 24.3 Å². The van der Waals surface area contributed by atoms with Crippen LogP contribution >= 0.6 is 12.4 Å². The maximum absolute atomic E-state index is 5.11. The minimum absolute atomic E-state index is 0. The number of hydrogen-bond donors (Lipinski definition) is 1. The van der Waals surface area contributed by atoms with Crippen LogP contribution in [0.3, 0.4) is 0 Å². The molecule has 74 valence electrons. The van der Waals surface area contributed by atoms with Crippen molar-refractivity contribution in [3.8, 4) is 5.75 Å². The van der Waals surface area contributed by atoms with Crippen molar-refractivity contribution in [3.63, 3.8) is 0 Å². The minimum Gasteiger partial charge on any atom is -0.497 e. The Morgan fingerprint density at radius 2 is 2.15 bits per heavy atom. The lowest BCUT2D eigenvalue weighted by Crippen LogP contribution is -2.10. The number of likely N-dealkylation sites (N-methyl/N-ethyl adjacent to an activating group) is 1. The summed E-state index contributed by atoms with van der Waals surface area (Å²) in [5.41, 5.74) is 1.31. The van der Waals surface area contributed by atoms with Crippen molar-refractivity contribution in [1.29, 1.82) is 0 Å². The van der Waals surface area contributed by atoms with Crippen LogP contribution in [0.4, 0.5) is 0 Å². The summed E-state index contributed by atoms with van der Waals surface area (Å²) in [5, 5.41) is 3.11. The summed E-state index contributed by atoms with van der Waals surface area (Å²) < 4.78 is 5.11. The van der Waals surface area contributed by atoms with Crippen LogP contribution in [0, 0.1) is 0 Å². The van der Waals surface area contributed by atoms with E-state index in [1.165, 1.54) is 5.56 Å². The van der Waals surface area contributed by atoms with Gasteiger partial charge in [0.1, 0.15) is 5.75 Å². The van der Waals surface area contributed by atoms with Gasteiger partial charge in [-0.2, -0.15) is 0 Å². The summed E-state index contributed by atoms with van der Waals surface area (Å²) >= 11 is 0. The van der Waals surface area contributed by atoms with E-state index in [0.29, 0.717) is 0 Å².